The molecule has 0 radical (unpaired) electrons. The Kier molecular flexibility index (Phi) is 3.84. The van der Waals surface area contributed by atoms with Gasteiger partial charge in [0.05, 0.1) is 4.90 Å². The quantitative estimate of drug-likeness (QED) is 0.943. The molecule has 2 rings (SSSR count). The van der Waals surface area contributed by atoms with E-state index in [-0.39, 0.29) is 16.1 Å². The van der Waals surface area contributed by atoms with Crippen molar-refractivity contribution in [3.63, 3.8) is 0 Å². The minimum absolute atomic E-state index is 0.195. The summed E-state index contributed by atoms with van der Waals surface area (Å²) >= 11 is 0. The molecule has 1 aromatic heterocycles. The number of hydrogen-bond acceptors (Lipinski definition) is 4. The average molecular weight is 308 g/mol. The first-order chi connectivity index (χ1) is 9.59. The number of nitrogens with zero attached hydrogens (tertiary/aromatic N) is 1. The molecule has 0 aliphatic carbocycles. The van der Waals surface area contributed by atoms with Gasteiger partial charge in [-0.15, -0.1) is 0 Å². The van der Waals surface area contributed by atoms with E-state index in [1.165, 1.54) is 0 Å². The van der Waals surface area contributed by atoms with Gasteiger partial charge >= 0.3 is 0 Å². The van der Waals surface area contributed by atoms with E-state index in [0.717, 1.165) is 5.56 Å². The highest BCUT2D eigenvalue weighted by molar-refractivity contribution is 7.92. The lowest BCUT2D eigenvalue weighted by Gasteiger charge is -2.12. The molecule has 0 unspecified atom stereocenters. The van der Waals surface area contributed by atoms with Crippen molar-refractivity contribution in [2.24, 2.45) is 0 Å². The maximum Gasteiger partial charge on any atom is 0.263 e. The Morgan fingerprint density at radius 2 is 1.81 bits per heavy atom. The highest BCUT2D eigenvalue weighted by Crippen LogP contribution is 2.26. The summed E-state index contributed by atoms with van der Waals surface area (Å²) < 4.78 is 32.5. The molecule has 0 atom stereocenters. The molecule has 0 fully saturated rings. The monoisotopic (exact) mass is 308 g/mol. The number of rotatable bonds is 3. The molecule has 114 valence electrons. The minimum Gasteiger partial charge on any atom is -0.359 e. The number of aryl methyl sites for hydroxylation is 2. The number of sulfonamides is 1. The van der Waals surface area contributed by atoms with Crippen molar-refractivity contribution in [1.29, 1.82) is 0 Å². The Bertz CT molecular complexity index is 755. The van der Waals surface area contributed by atoms with Crippen molar-refractivity contribution in [3.05, 3.63) is 41.2 Å². The van der Waals surface area contributed by atoms with Gasteiger partial charge < -0.3 is 4.52 Å². The van der Waals surface area contributed by atoms with E-state index >= 15 is 0 Å². The fraction of sp³-hybridized carbons (Fsp3) is 0.400. The summed E-state index contributed by atoms with van der Waals surface area (Å²) in [5, 5.41) is 3.78. The maximum absolute atomic E-state index is 12.4. The van der Waals surface area contributed by atoms with E-state index in [0.29, 0.717) is 11.3 Å². The van der Waals surface area contributed by atoms with Crippen LogP contribution in [0.3, 0.4) is 0 Å². The lowest BCUT2D eigenvalue weighted by atomic mass is 9.93. The van der Waals surface area contributed by atoms with Gasteiger partial charge in [0.25, 0.3) is 10.0 Å². The lowest BCUT2D eigenvalue weighted by molar-refractivity contribution is 0.331. The van der Waals surface area contributed by atoms with Crippen LogP contribution in [0.4, 0.5) is 5.82 Å². The molecule has 1 aromatic carbocycles. The van der Waals surface area contributed by atoms with Crippen LogP contribution >= 0.6 is 0 Å². The van der Waals surface area contributed by atoms with Crippen molar-refractivity contribution in [3.8, 4) is 0 Å². The summed E-state index contributed by atoms with van der Waals surface area (Å²) in [6.07, 6.45) is 0. The van der Waals surface area contributed by atoms with Crippen LogP contribution in [0.25, 0.3) is 0 Å². The first kappa shape index (κ1) is 15.6. The van der Waals surface area contributed by atoms with E-state index in [1.54, 1.807) is 25.1 Å². The predicted molar refractivity (Wildman–Crippen MR) is 81.9 cm³/mol. The summed E-state index contributed by atoms with van der Waals surface area (Å²) in [4.78, 5) is 0.253. The van der Waals surface area contributed by atoms with Gasteiger partial charge in [0.2, 0.25) is 0 Å². The summed E-state index contributed by atoms with van der Waals surface area (Å²) in [5.74, 6) is 0.821. The highest BCUT2D eigenvalue weighted by atomic mass is 32.2. The normalized spacial score (nSPS) is 12.4. The standard InChI is InChI=1S/C15H20N2O3S/c1-10-6-7-11(2)12(8-10)21(18,19)17-14-9-13(20-16-14)15(3,4)5/h6-9H,1-5H3,(H,16,17). The summed E-state index contributed by atoms with van der Waals surface area (Å²) in [7, 11) is -3.67. The molecule has 1 N–H and O–H groups in total. The molecule has 2 aromatic rings. The van der Waals surface area contributed by atoms with Gasteiger partial charge in [-0.1, -0.05) is 38.1 Å². The predicted octanol–water partition coefficient (Wildman–Crippen LogP) is 3.39. The van der Waals surface area contributed by atoms with E-state index in [4.69, 9.17) is 4.52 Å². The molecular weight excluding hydrogens is 288 g/mol. The van der Waals surface area contributed by atoms with Crippen LogP contribution in [0.15, 0.2) is 33.7 Å². The average Bonchev–Trinajstić information content (AvgIpc) is 2.79. The number of anilines is 1. The molecule has 0 saturated carbocycles. The SMILES string of the molecule is Cc1ccc(C)c(S(=O)(=O)Nc2cc(C(C)(C)C)on2)c1. The van der Waals surface area contributed by atoms with Gasteiger partial charge in [-0.25, -0.2) is 8.42 Å². The zero-order valence-electron chi connectivity index (χ0n) is 12.9. The minimum atomic E-state index is -3.67. The van der Waals surface area contributed by atoms with Crippen molar-refractivity contribution >= 4 is 15.8 Å². The lowest BCUT2D eigenvalue weighted by Crippen LogP contribution is -2.15. The molecule has 0 aliphatic heterocycles. The van der Waals surface area contributed by atoms with Crippen LogP contribution in [0.5, 0.6) is 0 Å². The summed E-state index contributed by atoms with van der Waals surface area (Å²) in [5.41, 5.74) is 1.35. The van der Waals surface area contributed by atoms with Crippen molar-refractivity contribution < 1.29 is 12.9 Å². The van der Waals surface area contributed by atoms with E-state index in [1.807, 2.05) is 33.8 Å². The zero-order valence-corrected chi connectivity index (χ0v) is 13.7. The second kappa shape index (κ2) is 5.18. The van der Waals surface area contributed by atoms with Crippen molar-refractivity contribution in [1.82, 2.24) is 5.16 Å². The topological polar surface area (TPSA) is 72.2 Å². The first-order valence-electron chi connectivity index (χ1n) is 6.67. The van der Waals surface area contributed by atoms with E-state index in [2.05, 4.69) is 9.88 Å². The molecule has 0 spiro atoms. The third-order valence-electron chi connectivity index (χ3n) is 3.12. The second-order valence-corrected chi connectivity index (χ2v) is 7.85. The third kappa shape index (κ3) is 3.44. The van der Waals surface area contributed by atoms with Crippen LogP contribution < -0.4 is 4.72 Å². The van der Waals surface area contributed by atoms with Crippen molar-refractivity contribution in [2.75, 3.05) is 4.72 Å². The molecular formula is C15H20N2O3S. The van der Waals surface area contributed by atoms with Gasteiger partial charge in [0.1, 0.15) is 5.76 Å². The Balaban J connectivity index is 2.34. The molecule has 0 aliphatic rings. The van der Waals surface area contributed by atoms with Crippen molar-refractivity contribution in [2.45, 2.75) is 44.9 Å². The number of nitrogens with one attached hydrogen (secondary N) is 1. The largest absolute Gasteiger partial charge is 0.359 e. The Hall–Kier alpha value is -1.82. The number of hydrogen-bond donors (Lipinski definition) is 1. The molecule has 0 amide bonds. The van der Waals surface area contributed by atoms with Gasteiger partial charge in [-0.05, 0) is 31.0 Å². The van der Waals surface area contributed by atoms with Crippen LogP contribution in [-0.2, 0) is 15.4 Å². The number of benzene rings is 1. The first-order valence-corrected chi connectivity index (χ1v) is 8.15. The smallest absolute Gasteiger partial charge is 0.263 e. The van der Waals surface area contributed by atoms with Crippen LogP contribution in [0.2, 0.25) is 0 Å². The van der Waals surface area contributed by atoms with Gasteiger partial charge in [0.15, 0.2) is 5.82 Å². The Morgan fingerprint density at radius 1 is 1.14 bits per heavy atom. The fourth-order valence-corrected chi connectivity index (χ4v) is 3.18. The molecule has 5 nitrogen and oxygen atoms in total. The molecule has 0 bridgehead atoms. The molecule has 0 saturated heterocycles. The van der Waals surface area contributed by atoms with E-state index in [9.17, 15) is 8.42 Å². The van der Waals surface area contributed by atoms with Gasteiger partial charge in [0, 0.05) is 11.5 Å². The molecule has 1 heterocycles. The fourth-order valence-electron chi connectivity index (χ4n) is 1.87. The molecule has 21 heavy (non-hydrogen) atoms. The summed E-state index contributed by atoms with van der Waals surface area (Å²) in [6.45, 7) is 9.52. The maximum atomic E-state index is 12.4. The second-order valence-electron chi connectivity index (χ2n) is 6.20. The Labute approximate surface area is 125 Å². The third-order valence-corrected chi connectivity index (χ3v) is 4.62. The van der Waals surface area contributed by atoms with Gasteiger partial charge in [-0.2, -0.15) is 0 Å². The van der Waals surface area contributed by atoms with E-state index < -0.39 is 10.0 Å². The van der Waals surface area contributed by atoms with Crippen LogP contribution in [0.1, 0.15) is 37.7 Å². The summed E-state index contributed by atoms with van der Waals surface area (Å²) in [6, 6.07) is 6.92. The van der Waals surface area contributed by atoms with Crippen LogP contribution in [0, 0.1) is 13.8 Å². The Morgan fingerprint density at radius 3 is 2.38 bits per heavy atom. The van der Waals surface area contributed by atoms with Crippen LogP contribution in [-0.4, -0.2) is 13.6 Å². The van der Waals surface area contributed by atoms with Gasteiger partial charge in [-0.3, -0.25) is 4.72 Å². The molecule has 6 heteroatoms. The zero-order chi connectivity index (χ0) is 15.8. The number of aromatic nitrogens is 1. The highest BCUT2D eigenvalue weighted by Gasteiger charge is 2.23.